The first-order chi connectivity index (χ1) is 54.9. The maximum absolute atomic E-state index is 7.01. The molecule has 0 aliphatic carbocycles. The summed E-state index contributed by atoms with van der Waals surface area (Å²) < 4.78 is 9.52. The SMILES string of the molecule is CC(C)(C)c1ccc(N2c3cc(C(C)(C)C)ccc3B3c4cc(-c5cc(-c6ccccc6)cc(-c6ccccc6)c5)ccc4N(c4c(-c5cccc6oc7ccccc7c56)cc(C(C)(C)C)cc4-c4cccc5sc6ccccc6c45)c4cc(-c5cc(-c6ccccc6)cc(-c6ccccc6)c5)cc2c43)c(-c2ccccc2)c1. The van der Waals surface area contributed by atoms with Crippen molar-refractivity contribution < 1.29 is 4.42 Å². The number of rotatable bonds is 11. The smallest absolute Gasteiger partial charge is 0.252 e. The van der Waals surface area contributed by atoms with Crippen molar-refractivity contribution in [2.75, 3.05) is 9.80 Å². The fourth-order valence-electron chi connectivity index (χ4n) is 17.9. The van der Waals surface area contributed by atoms with Crippen molar-refractivity contribution in [3.63, 3.8) is 0 Å². The van der Waals surface area contributed by atoms with Gasteiger partial charge in [0.1, 0.15) is 11.2 Å². The van der Waals surface area contributed by atoms with Gasteiger partial charge in [-0.1, -0.05) is 305 Å². The Bertz CT molecular complexity index is 6540. The van der Waals surface area contributed by atoms with Gasteiger partial charge in [-0.3, -0.25) is 0 Å². The average molecular weight is 1470 g/mol. The second kappa shape index (κ2) is 27.0. The monoisotopic (exact) mass is 1470 g/mol. The minimum Gasteiger partial charge on any atom is -0.456 e. The zero-order chi connectivity index (χ0) is 76.6. The predicted molar refractivity (Wildman–Crippen MR) is 486 cm³/mol. The van der Waals surface area contributed by atoms with Gasteiger partial charge in [0.15, 0.2) is 0 Å². The van der Waals surface area contributed by atoms with Crippen LogP contribution in [0.5, 0.6) is 0 Å². The van der Waals surface area contributed by atoms with Gasteiger partial charge in [-0.05, 0) is 242 Å². The number of thiophene rings is 1. The van der Waals surface area contributed by atoms with Crippen molar-refractivity contribution in [1.82, 2.24) is 0 Å². The zero-order valence-electron chi connectivity index (χ0n) is 65.3. The van der Waals surface area contributed by atoms with Crippen LogP contribution in [0.4, 0.5) is 34.1 Å². The molecular formula is C108H85BN2OS. The molecule has 20 rings (SSSR count). The number of anilines is 6. The van der Waals surface area contributed by atoms with Crippen molar-refractivity contribution in [1.29, 1.82) is 0 Å². The molecule has 0 radical (unpaired) electrons. The Balaban J connectivity index is 0.993. The molecule has 0 saturated carbocycles. The van der Waals surface area contributed by atoms with Gasteiger partial charge in [-0.15, -0.1) is 11.3 Å². The third-order valence-electron chi connectivity index (χ3n) is 23.7. The van der Waals surface area contributed by atoms with Crippen molar-refractivity contribution in [3.05, 3.63) is 369 Å². The van der Waals surface area contributed by atoms with Crippen LogP contribution in [0.1, 0.15) is 79.0 Å². The summed E-state index contributed by atoms with van der Waals surface area (Å²) in [6, 6.07) is 133. The Morgan fingerprint density at radius 1 is 0.248 bits per heavy atom. The quantitative estimate of drug-likeness (QED) is 0.120. The molecule has 2 aliphatic heterocycles. The van der Waals surface area contributed by atoms with Gasteiger partial charge >= 0.3 is 0 Å². The van der Waals surface area contributed by atoms with Crippen LogP contribution >= 0.6 is 11.3 Å². The van der Waals surface area contributed by atoms with Crippen LogP contribution in [0, 0.1) is 0 Å². The topological polar surface area (TPSA) is 19.6 Å². The van der Waals surface area contributed by atoms with Gasteiger partial charge < -0.3 is 14.2 Å². The van der Waals surface area contributed by atoms with E-state index < -0.39 is 0 Å². The minimum atomic E-state index is -0.305. The molecule has 4 heterocycles. The van der Waals surface area contributed by atoms with E-state index in [2.05, 4.69) is 424 Å². The van der Waals surface area contributed by atoms with Crippen LogP contribution in [0.15, 0.2) is 356 Å². The maximum atomic E-state index is 7.01. The first-order valence-corrected chi connectivity index (χ1v) is 40.5. The van der Waals surface area contributed by atoms with Crippen molar-refractivity contribution in [2.45, 2.75) is 78.6 Å². The highest BCUT2D eigenvalue weighted by Gasteiger charge is 2.46. The lowest BCUT2D eigenvalue weighted by atomic mass is 9.33. The Morgan fingerprint density at radius 2 is 0.673 bits per heavy atom. The molecule has 0 saturated heterocycles. The molecule has 0 spiro atoms. The molecule has 542 valence electrons. The summed E-state index contributed by atoms with van der Waals surface area (Å²) in [6.45, 7) is 21.0. The van der Waals surface area contributed by atoms with Crippen LogP contribution in [-0.2, 0) is 16.2 Å². The molecule has 16 aromatic carbocycles. The van der Waals surface area contributed by atoms with Gasteiger partial charge in [-0.2, -0.15) is 0 Å². The Hall–Kier alpha value is -12.8. The standard InChI is InChI=1S/C108H85BN2OS/c1-106(2,3)81-51-54-93(88(64-81)72-39-23-14-24-40-72)110-95-67-82(107(4,5)6)50-52-91(95)109-92-61-73(78-57-74(68-31-15-10-16-32-68)55-75(58-78)69-33-17-11-18-34-69)49-53-94(92)111(97-63-80(62-96(110)104(97)109)79-59-76(70-35-19-12-20-36-70)56-77(60-79)71-37-21-13-22-38-71)105-89(84-43-29-46-99-102(84)86-41-25-27-45-98(86)112-99)65-83(108(7,8)9)66-90(105)85-44-30-48-101-103(85)87-42-26-28-47-100(87)113-101/h10-67H,1-9H3. The molecule has 0 amide bonds. The summed E-state index contributed by atoms with van der Waals surface area (Å²) in [5.41, 5.74) is 35.8. The molecule has 0 N–H and O–H groups in total. The molecule has 0 unspecified atom stereocenters. The summed E-state index contributed by atoms with van der Waals surface area (Å²) in [6.07, 6.45) is 0. The van der Waals surface area contributed by atoms with Gasteiger partial charge in [0.2, 0.25) is 0 Å². The lowest BCUT2D eigenvalue weighted by Gasteiger charge is -2.46. The minimum absolute atomic E-state index is 0.152. The number of nitrogens with zero attached hydrogens (tertiary/aromatic N) is 2. The van der Waals surface area contributed by atoms with Crippen molar-refractivity contribution in [3.8, 4) is 100 Å². The highest BCUT2D eigenvalue weighted by molar-refractivity contribution is 7.26. The highest BCUT2D eigenvalue weighted by atomic mass is 32.1. The first-order valence-electron chi connectivity index (χ1n) is 39.7. The fraction of sp³-hybridized carbons (Fsp3) is 0.111. The molecule has 113 heavy (non-hydrogen) atoms. The molecule has 18 aromatic rings. The van der Waals surface area contributed by atoms with E-state index in [4.69, 9.17) is 4.42 Å². The molecule has 0 bridgehead atoms. The largest absolute Gasteiger partial charge is 0.456 e. The van der Waals surface area contributed by atoms with E-state index in [1.807, 2.05) is 11.3 Å². The van der Waals surface area contributed by atoms with E-state index in [-0.39, 0.29) is 23.0 Å². The van der Waals surface area contributed by atoms with Crippen LogP contribution in [0.25, 0.3) is 142 Å². The number of hydrogen-bond donors (Lipinski definition) is 0. The summed E-state index contributed by atoms with van der Waals surface area (Å²) in [5, 5.41) is 4.66. The maximum Gasteiger partial charge on any atom is 0.252 e. The highest BCUT2D eigenvalue weighted by Crippen LogP contribution is 2.57. The third kappa shape index (κ3) is 12.1. The molecule has 2 aromatic heterocycles. The van der Waals surface area contributed by atoms with Gasteiger partial charge in [-0.25, -0.2) is 0 Å². The lowest BCUT2D eigenvalue weighted by molar-refractivity contribution is 0.590. The molecule has 2 aliphatic rings. The van der Waals surface area contributed by atoms with Crippen LogP contribution in [0.3, 0.4) is 0 Å². The summed E-state index contributed by atoms with van der Waals surface area (Å²) in [7, 11) is 0. The average Bonchev–Trinajstić information content (AvgIpc) is 0.737. The van der Waals surface area contributed by atoms with Crippen molar-refractivity contribution in [2.24, 2.45) is 0 Å². The van der Waals surface area contributed by atoms with E-state index in [1.165, 1.54) is 75.5 Å². The fourth-order valence-corrected chi connectivity index (χ4v) is 19.0. The number of fused-ring (bicyclic) bond motifs is 10. The summed E-state index contributed by atoms with van der Waals surface area (Å²) >= 11 is 1.88. The van der Waals surface area contributed by atoms with Crippen LogP contribution < -0.4 is 26.2 Å². The lowest BCUT2D eigenvalue weighted by Crippen LogP contribution is -2.61. The van der Waals surface area contributed by atoms with E-state index >= 15 is 0 Å². The van der Waals surface area contributed by atoms with Crippen LogP contribution in [-0.4, -0.2) is 6.71 Å². The number of furan rings is 1. The number of benzene rings is 16. The van der Waals surface area contributed by atoms with E-state index in [0.29, 0.717) is 0 Å². The zero-order valence-corrected chi connectivity index (χ0v) is 66.1. The Kier molecular flexibility index (Phi) is 16.6. The molecule has 3 nitrogen and oxygen atoms in total. The van der Waals surface area contributed by atoms with Gasteiger partial charge in [0, 0.05) is 70.4 Å². The van der Waals surface area contributed by atoms with Gasteiger partial charge in [0.05, 0.1) is 11.4 Å². The van der Waals surface area contributed by atoms with Crippen LogP contribution in [0.2, 0.25) is 0 Å². The molecular weight excluding hydrogens is 1380 g/mol. The summed E-state index contributed by atoms with van der Waals surface area (Å²) in [5.74, 6) is 0. The Labute approximate surface area is 667 Å². The normalized spacial score (nSPS) is 12.8. The summed E-state index contributed by atoms with van der Waals surface area (Å²) in [4.78, 5) is 5.45. The van der Waals surface area contributed by atoms with Crippen molar-refractivity contribution >= 4 is 111 Å². The number of para-hydroxylation sites is 1. The second-order valence-electron chi connectivity index (χ2n) is 34.0. The van der Waals surface area contributed by atoms with E-state index in [0.717, 1.165) is 134 Å². The number of hydrogen-bond acceptors (Lipinski definition) is 4. The van der Waals surface area contributed by atoms with E-state index in [1.54, 1.807) is 0 Å². The van der Waals surface area contributed by atoms with E-state index in [9.17, 15) is 0 Å². The Morgan fingerprint density at radius 3 is 1.24 bits per heavy atom. The molecule has 0 fully saturated rings. The molecule has 5 heteroatoms. The predicted octanol–water partition coefficient (Wildman–Crippen LogP) is 28.9. The first kappa shape index (κ1) is 69.4. The third-order valence-corrected chi connectivity index (χ3v) is 24.8. The van der Waals surface area contributed by atoms with Gasteiger partial charge in [0.25, 0.3) is 6.71 Å². The molecule has 0 atom stereocenters. The second-order valence-corrected chi connectivity index (χ2v) is 35.0.